The highest BCUT2D eigenvalue weighted by Crippen LogP contribution is 2.17. The SMILES string of the molecule is CCNC(=NCc1nncn1CC)NCc1nc(C(C)C)cs1.I. The number of nitrogens with one attached hydrogen (secondary N) is 2. The highest BCUT2D eigenvalue weighted by atomic mass is 127. The molecule has 2 N–H and O–H groups in total. The largest absolute Gasteiger partial charge is 0.357 e. The van der Waals surface area contributed by atoms with Crippen LogP contribution in [0.1, 0.15) is 50.1 Å². The molecule has 0 aliphatic rings. The van der Waals surface area contributed by atoms with Gasteiger partial charge in [0.1, 0.15) is 17.9 Å². The Labute approximate surface area is 164 Å². The molecule has 2 rings (SSSR count). The molecule has 0 bridgehead atoms. The van der Waals surface area contributed by atoms with Gasteiger partial charge in [-0.15, -0.1) is 45.5 Å². The number of thiazole rings is 1. The van der Waals surface area contributed by atoms with E-state index in [1.807, 2.05) is 11.5 Å². The van der Waals surface area contributed by atoms with Crippen molar-refractivity contribution in [1.29, 1.82) is 0 Å². The monoisotopic (exact) mass is 463 g/mol. The molecular weight excluding hydrogens is 437 g/mol. The Morgan fingerprint density at radius 2 is 2.12 bits per heavy atom. The summed E-state index contributed by atoms with van der Waals surface area (Å²) >= 11 is 1.68. The Morgan fingerprint density at radius 1 is 1.33 bits per heavy atom. The molecule has 0 spiro atoms. The van der Waals surface area contributed by atoms with Crippen LogP contribution in [0.3, 0.4) is 0 Å². The maximum atomic E-state index is 4.63. The van der Waals surface area contributed by atoms with E-state index in [1.165, 1.54) is 0 Å². The summed E-state index contributed by atoms with van der Waals surface area (Å²) < 4.78 is 1.99. The third-order valence-electron chi connectivity index (χ3n) is 3.33. The molecule has 0 radical (unpaired) electrons. The minimum Gasteiger partial charge on any atom is -0.357 e. The lowest BCUT2D eigenvalue weighted by atomic mass is 10.2. The molecule has 0 saturated carbocycles. The van der Waals surface area contributed by atoms with E-state index in [0.717, 1.165) is 35.6 Å². The van der Waals surface area contributed by atoms with Gasteiger partial charge >= 0.3 is 0 Å². The van der Waals surface area contributed by atoms with E-state index in [4.69, 9.17) is 0 Å². The van der Waals surface area contributed by atoms with E-state index < -0.39 is 0 Å². The number of rotatable bonds is 7. The van der Waals surface area contributed by atoms with Crippen molar-refractivity contribution in [3.63, 3.8) is 0 Å². The van der Waals surface area contributed by atoms with Crippen LogP contribution in [0.5, 0.6) is 0 Å². The number of nitrogens with zero attached hydrogens (tertiary/aromatic N) is 5. The summed E-state index contributed by atoms with van der Waals surface area (Å²) in [5.41, 5.74) is 1.14. The average Bonchev–Trinajstić information content (AvgIpc) is 3.18. The zero-order valence-corrected chi connectivity index (χ0v) is 17.8. The van der Waals surface area contributed by atoms with Gasteiger partial charge in [0.15, 0.2) is 11.8 Å². The van der Waals surface area contributed by atoms with Crippen LogP contribution in [0, 0.1) is 0 Å². The van der Waals surface area contributed by atoms with E-state index >= 15 is 0 Å². The van der Waals surface area contributed by atoms with Crippen LogP contribution in [0.15, 0.2) is 16.7 Å². The molecule has 24 heavy (non-hydrogen) atoms. The molecule has 2 aromatic heterocycles. The smallest absolute Gasteiger partial charge is 0.192 e. The highest BCUT2D eigenvalue weighted by molar-refractivity contribution is 14.0. The van der Waals surface area contributed by atoms with E-state index in [2.05, 4.69) is 57.0 Å². The number of guanidine groups is 1. The normalized spacial score (nSPS) is 11.5. The number of aliphatic imine (C=N–C) groups is 1. The molecular formula is C15H26IN7S. The summed E-state index contributed by atoms with van der Waals surface area (Å²) in [7, 11) is 0. The van der Waals surface area contributed by atoms with Gasteiger partial charge in [-0.25, -0.2) is 9.98 Å². The zero-order valence-electron chi connectivity index (χ0n) is 14.6. The lowest BCUT2D eigenvalue weighted by Gasteiger charge is -2.10. The van der Waals surface area contributed by atoms with Crippen LogP contribution in [0.2, 0.25) is 0 Å². The average molecular weight is 463 g/mol. The van der Waals surface area contributed by atoms with E-state index in [0.29, 0.717) is 19.0 Å². The van der Waals surface area contributed by atoms with Crippen molar-refractivity contribution in [3.8, 4) is 0 Å². The number of aromatic nitrogens is 4. The molecule has 0 fully saturated rings. The lowest BCUT2D eigenvalue weighted by molar-refractivity contribution is 0.693. The molecule has 134 valence electrons. The Morgan fingerprint density at radius 3 is 2.75 bits per heavy atom. The van der Waals surface area contributed by atoms with Crippen LogP contribution < -0.4 is 10.6 Å². The Kier molecular flexibility index (Phi) is 9.19. The second-order valence-corrected chi connectivity index (χ2v) is 6.35. The lowest BCUT2D eigenvalue weighted by Crippen LogP contribution is -2.36. The van der Waals surface area contributed by atoms with Crippen LogP contribution in [0.25, 0.3) is 0 Å². The van der Waals surface area contributed by atoms with Gasteiger partial charge in [-0.2, -0.15) is 0 Å². The van der Waals surface area contributed by atoms with Crippen molar-refractivity contribution < 1.29 is 0 Å². The molecule has 9 heteroatoms. The first kappa shape index (κ1) is 20.8. The van der Waals surface area contributed by atoms with Gasteiger partial charge in [-0.1, -0.05) is 13.8 Å². The standard InChI is InChI=1S/C15H25N7S.HI/c1-5-16-15(17-7-13-21-19-10-22(13)6-2)18-8-14-20-12(9-23-14)11(3)4;/h9-11H,5-8H2,1-4H3,(H2,16,17,18);1H. The van der Waals surface area contributed by atoms with Crippen LogP contribution in [-0.4, -0.2) is 32.3 Å². The predicted molar refractivity (Wildman–Crippen MR) is 109 cm³/mol. The van der Waals surface area contributed by atoms with Gasteiger partial charge in [0.2, 0.25) is 0 Å². The van der Waals surface area contributed by atoms with Crippen LogP contribution in [0.4, 0.5) is 0 Å². The minimum absolute atomic E-state index is 0. The molecule has 2 heterocycles. The van der Waals surface area contributed by atoms with Crippen molar-refractivity contribution in [3.05, 3.63) is 28.2 Å². The van der Waals surface area contributed by atoms with Crippen molar-refractivity contribution in [2.45, 2.75) is 53.2 Å². The number of halogens is 1. The summed E-state index contributed by atoms with van der Waals surface area (Å²) in [6, 6.07) is 0. The van der Waals surface area contributed by atoms with Gasteiger partial charge < -0.3 is 15.2 Å². The van der Waals surface area contributed by atoms with Crippen LogP contribution in [-0.2, 0) is 19.6 Å². The fourth-order valence-electron chi connectivity index (χ4n) is 1.99. The molecule has 0 aliphatic carbocycles. The van der Waals surface area contributed by atoms with Gasteiger partial charge in [0.05, 0.1) is 12.2 Å². The molecule has 7 nitrogen and oxygen atoms in total. The van der Waals surface area contributed by atoms with Gasteiger partial charge in [0, 0.05) is 18.5 Å². The Hall–Kier alpha value is -1.23. The third kappa shape index (κ3) is 6.00. The third-order valence-corrected chi connectivity index (χ3v) is 4.19. The molecule has 0 saturated heterocycles. The Balaban J connectivity index is 0.00000288. The van der Waals surface area contributed by atoms with Crippen molar-refractivity contribution in [2.24, 2.45) is 4.99 Å². The zero-order chi connectivity index (χ0) is 16.7. The van der Waals surface area contributed by atoms with Crippen molar-refractivity contribution >= 4 is 41.3 Å². The topological polar surface area (TPSA) is 80.0 Å². The minimum atomic E-state index is 0. The number of aryl methyl sites for hydroxylation is 1. The summed E-state index contributed by atoms with van der Waals surface area (Å²) in [5, 5.41) is 17.8. The molecule has 2 aromatic rings. The van der Waals surface area contributed by atoms with Gasteiger partial charge in [0.25, 0.3) is 0 Å². The summed E-state index contributed by atoms with van der Waals surface area (Å²) in [5.74, 6) is 2.09. The second kappa shape index (κ2) is 10.6. The maximum Gasteiger partial charge on any atom is 0.192 e. The number of hydrogen-bond acceptors (Lipinski definition) is 5. The van der Waals surface area contributed by atoms with E-state index in [9.17, 15) is 0 Å². The fraction of sp³-hybridized carbons (Fsp3) is 0.600. The Bertz CT molecular complexity index is 635. The first-order valence-corrected chi connectivity index (χ1v) is 8.85. The van der Waals surface area contributed by atoms with Crippen molar-refractivity contribution in [2.75, 3.05) is 6.54 Å². The van der Waals surface area contributed by atoms with Crippen molar-refractivity contribution in [1.82, 2.24) is 30.4 Å². The molecule has 0 aliphatic heterocycles. The molecule has 0 amide bonds. The molecule has 0 unspecified atom stereocenters. The number of hydrogen-bond donors (Lipinski definition) is 2. The van der Waals surface area contributed by atoms with Gasteiger partial charge in [-0.3, -0.25) is 0 Å². The summed E-state index contributed by atoms with van der Waals surface area (Å²) in [6.07, 6.45) is 1.73. The first-order valence-electron chi connectivity index (χ1n) is 7.97. The predicted octanol–water partition coefficient (Wildman–Crippen LogP) is 2.75. The summed E-state index contributed by atoms with van der Waals surface area (Å²) in [6.45, 7) is 11.2. The second-order valence-electron chi connectivity index (χ2n) is 5.40. The van der Waals surface area contributed by atoms with Gasteiger partial charge in [-0.05, 0) is 19.8 Å². The highest BCUT2D eigenvalue weighted by Gasteiger charge is 2.07. The first-order chi connectivity index (χ1) is 11.1. The molecule has 0 aromatic carbocycles. The van der Waals surface area contributed by atoms with E-state index in [-0.39, 0.29) is 24.0 Å². The summed E-state index contributed by atoms with van der Waals surface area (Å²) in [4.78, 5) is 9.20. The van der Waals surface area contributed by atoms with E-state index in [1.54, 1.807) is 17.7 Å². The quantitative estimate of drug-likeness (QED) is 0.375. The maximum absolute atomic E-state index is 4.63. The van der Waals surface area contributed by atoms with Crippen LogP contribution >= 0.6 is 35.3 Å². The molecule has 0 atom stereocenters. The fourth-order valence-corrected chi connectivity index (χ4v) is 2.88.